The van der Waals surface area contributed by atoms with Crippen molar-refractivity contribution in [2.45, 2.75) is 33.1 Å². The van der Waals surface area contributed by atoms with Crippen molar-refractivity contribution in [2.24, 2.45) is 0 Å². The summed E-state index contributed by atoms with van der Waals surface area (Å²) in [5.41, 5.74) is 1.17. The topological polar surface area (TPSA) is 85.5 Å². The number of carboxylic acids is 1. The van der Waals surface area contributed by atoms with Crippen LogP contribution < -0.4 is 4.74 Å². The lowest BCUT2D eigenvalue weighted by Crippen LogP contribution is -2.07. The molecule has 4 rings (SSSR count). The molecule has 0 atom stereocenters. The lowest BCUT2D eigenvalue weighted by atomic mass is 10.1. The molecule has 0 amide bonds. The predicted octanol–water partition coefficient (Wildman–Crippen LogP) is 5.93. The van der Waals surface area contributed by atoms with E-state index < -0.39 is 23.5 Å². The first-order valence-electron chi connectivity index (χ1n) is 9.59. The van der Waals surface area contributed by atoms with Gasteiger partial charge in [-0.3, -0.25) is 4.79 Å². The normalized spacial score (nSPS) is 11.8. The minimum atomic E-state index is -4.77. The maximum absolute atomic E-state index is 13.9. The van der Waals surface area contributed by atoms with Crippen molar-refractivity contribution < 1.29 is 36.6 Å². The fourth-order valence-corrected chi connectivity index (χ4v) is 4.15. The van der Waals surface area contributed by atoms with Crippen molar-refractivity contribution in [3.63, 3.8) is 0 Å². The molecule has 1 N–H and O–H groups in total. The maximum Gasteiger partial charge on any atom is 0.419 e. The highest BCUT2D eigenvalue weighted by Gasteiger charge is 2.34. The Morgan fingerprint density at radius 2 is 1.94 bits per heavy atom. The van der Waals surface area contributed by atoms with E-state index in [-0.39, 0.29) is 24.5 Å². The van der Waals surface area contributed by atoms with Crippen molar-refractivity contribution in [3.8, 4) is 16.3 Å². The van der Waals surface area contributed by atoms with E-state index in [9.17, 15) is 22.4 Å². The van der Waals surface area contributed by atoms with E-state index >= 15 is 0 Å². The first kappa shape index (κ1) is 22.7. The molecule has 2 heterocycles. The molecule has 0 bridgehead atoms. The highest BCUT2D eigenvalue weighted by molar-refractivity contribution is 7.15. The number of aliphatic carboxylic acids is 1. The predicted molar refractivity (Wildman–Crippen MR) is 112 cm³/mol. The van der Waals surface area contributed by atoms with Gasteiger partial charge in [0.05, 0.1) is 16.1 Å². The number of aromatic nitrogens is 2. The quantitative estimate of drug-likeness (QED) is 0.344. The van der Waals surface area contributed by atoms with Gasteiger partial charge in [-0.15, -0.1) is 11.3 Å². The number of oxazole rings is 1. The number of halogens is 4. The molecule has 0 fully saturated rings. The third-order valence-electron chi connectivity index (χ3n) is 4.80. The van der Waals surface area contributed by atoms with Crippen LogP contribution in [-0.2, 0) is 24.0 Å². The lowest BCUT2D eigenvalue weighted by Gasteiger charge is -2.08. The van der Waals surface area contributed by atoms with Gasteiger partial charge < -0.3 is 14.3 Å². The van der Waals surface area contributed by atoms with Crippen LogP contribution in [0, 0.1) is 19.7 Å². The summed E-state index contributed by atoms with van der Waals surface area (Å²) in [7, 11) is 0. The van der Waals surface area contributed by atoms with E-state index in [1.54, 1.807) is 26.0 Å². The fourth-order valence-electron chi connectivity index (χ4n) is 3.17. The smallest absolute Gasteiger partial charge is 0.419 e. The molecular formula is C22H16F4N2O4S. The average molecular weight is 480 g/mol. The number of ether oxygens (including phenoxy) is 1. The van der Waals surface area contributed by atoms with Gasteiger partial charge in [-0.1, -0.05) is 6.07 Å². The Hall–Kier alpha value is -3.47. The van der Waals surface area contributed by atoms with E-state index in [0.717, 1.165) is 11.6 Å². The van der Waals surface area contributed by atoms with Crippen molar-refractivity contribution in [1.29, 1.82) is 0 Å². The number of rotatable bonds is 6. The minimum absolute atomic E-state index is 0.0840. The average Bonchev–Trinajstić information content (AvgIpc) is 3.26. The summed E-state index contributed by atoms with van der Waals surface area (Å²) in [6.45, 7) is 3.65. The maximum atomic E-state index is 13.9. The van der Waals surface area contributed by atoms with Crippen LogP contribution in [0.3, 0.4) is 0 Å². The number of aryl methyl sites for hydroxylation is 2. The molecule has 2 aromatic carbocycles. The van der Waals surface area contributed by atoms with Gasteiger partial charge in [0, 0.05) is 11.6 Å². The first-order chi connectivity index (χ1) is 15.5. The van der Waals surface area contributed by atoms with Gasteiger partial charge in [0.2, 0.25) is 5.89 Å². The number of nitrogens with zero attached hydrogens (tertiary/aromatic N) is 2. The molecule has 4 aromatic rings. The number of carbonyl (C=O) groups is 1. The van der Waals surface area contributed by atoms with Crippen molar-refractivity contribution in [3.05, 3.63) is 63.7 Å². The van der Waals surface area contributed by atoms with Gasteiger partial charge in [-0.25, -0.2) is 14.4 Å². The van der Waals surface area contributed by atoms with Crippen LogP contribution in [0.25, 0.3) is 21.7 Å². The Morgan fingerprint density at radius 3 is 2.61 bits per heavy atom. The molecule has 0 saturated carbocycles. The number of benzene rings is 2. The molecule has 0 spiro atoms. The summed E-state index contributed by atoms with van der Waals surface area (Å²) < 4.78 is 63.7. The third-order valence-corrected chi connectivity index (χ3v) is 5.98. The van der Waals surface area contributed by atoms with Gasteiger partial charge in [0.15, 0.2) is 5.58 Å². The Balaban J connectivity index is 1.54. The summed E-state index contributed by atoms with van der Waals surface area (Å²) in [6, 6.07) is 6.04. The van der Waals surface area contributed by atoms with E-state index in [1.165, 1.54) is 17.4 Å². The molecule has 0 radical (unpaired) electrons. The van der Waals surface area contributed by atoms with Crippen molar-refractivity contribution in [1.82, 2.24) is 9.97 Å². The number of thiazole rings is 1. The number of fused-ring (bicyclic) bond motifs is 1. The molecule has 33 heavy (non-hydrogen) atoms. The minimum Gasteiger partial charge on any atom is -0.488 e. The van der Waals surface area contributed by atoms with Gasteiger partial charge in [-0.05, 0) is 37.6 Å². The highest BCUT2D eigenvalue weighted by Crippen LogP contribution is 2.35. The molecule has 0 unspecified atom stereocenters. The van der Waals surface area contributed by atoms with Gasteiger partial charge in [0.1, 0.15) is 35.1 Å². The van der Waals surface area contributed by atoms with Crippen LogP contribution in [-0.4, -0.2) is 21.0 Å². The van der Waals surface area contributed by atoms with Crippen LogP contribution in [0.1, 0.15) is 27.6 Å². The summed E-state index contributed by atoms with van der Waals surface area (Å²) in [5.74, 6) is -1.83. The Bertz CT molecular complexity index is 1360. The second-order valence-electron chi connectivity index (χ2n) is 7.27. The zero-order valence-corrected chi connectivity index (χ0v) is 18.1. The standard InChI is InChI=1S/C22H16F4N2O4S/c1-10-5-15-17(32-19(28-15)8-20(29)30)7-16(10)31-9-18-11(2)27-21(33-18)12-3-4-13(14(23)6-12)22(24,25)26/h3-7H,8-9H2,1-2H3,(H,29,30). The molecule has 0 aliphatic carbocycles. The molecule has 11 heteroatoms. The molecule has 0 aliphatic heterocycles. The third kappa shape index (κ3) is 4.82. The van der Waals surface area contributed by atoms with E-state index in [1.807, 2.05) is 0 Å². The van der Waals surface area contributed by atoms with Gasteiger partial charge in [0.25, 0.3) is 0 Å². The van der Waals surface area contributed by atoms with Crippen LogP contribution in [0.2, 0.25) is 0 Å². The summed E-state index contributed by atoms with van der Waals surface area (Å²) in [5, 5.41) is 9.26. The zero-order valence-electron chi connectivity index (χ0n) is 17.3. The molecule has 0 saturated heterocycles. The molecule has 172 valence electrons. The molecular weight excluding hydrogens is 464 g/mol. The zero-order chi connectivity index (χ0) is 23.9. The van der Waals surface area contributed by atoms with E-state index in [0.29, 0.717) is 38.5 Å². The van der Waals surface area contributed by atoms with Crippen LogP contribution >= 0.6 is 11.3 Å². The molecule has 0 aliphatic rings. The number of carboxylic acid groups (broad SMARTS) is 1. The second-order valence-corrected chi connectivity index (χ2v) is 8.36. The molecule has 6 nitrogen and oxygen atoms in total. The Morgan fingerprint density at radius 1 is 1.18 bits per heavy atom. The van der Waals surface area contributed by atoms with Crippen LogP contribution in [0.4, 0.5) is 17.6 Å². The summed E-state index contributed by atoms with van der Waals surface area (Å²) in [4.78, 5) is 20.0. The summed E-state index contributed by atoms with van der Waals surface area (Å²) >= 11 is 1.19. The van der Waals surface area contributed by atoms with Crippen LogP contribution in [0.15, 0.2) is 34.7 Å². The number of alkyl halides is 3. The Kier molecular flexibility index (Phi) is 5.83. The lowest BCUT2D eigenvalue weighted by molar-refractivity contribution is -0.140. The number of hydrogen-bond acceptors (Lipinski definition) is 6. The largest absolute Gasteiger partial charge is 0.488 e. The first-order valence-corrected chi connectivity index (χ1v) is 10.4. The van der Waals surface area contributed by atoms with Gasteiger partial charge in [-0.2, -0.15) is 13.2 Å². The van der Waals surface area contributed by atoms with Crippen LogP contribution in [0.5, 0.6) is 5.75 Å². The SMILES string of the molecule is Cc1cc2nc(CC(=O)O)oc2cc1OCc1sc(-c2ccc(C(F)(F)F)c(F)c2)nc1C. The summed E-state index contributed by atoms with van der Waals surface area (Å²) in [6.07, 6.45) is -5.10. The monoisotopic (exact) mass is 480 g/mol. The fraction of sp³-hybridized carbons (Fsp3) is 0.227. The van der Waals surface area contributed by atoms with E-state index in [4.69, 9.17) is 14.3 Å². The highest BCUT2D eigenvalue weighted by atomic mass is 32.1. The van der Waals surface area contributed by atoms with E-state index in [2.05, 4.69) is 9.97 Å². The number of hydrogen-bond donors (Lipinski definition) is 1. The van der Waals surface area contributed by atoms with Crippen molar-refractivity contribution >= 4 is 28.4 Å². The second kappa shape index (κ2) is 8.47. The molecule has 2 aromatic heterocycles. The Labute approximate surface area is 188 Å². The van der Waals surface area contributed by atoms with Gasteiger partial charge >= 0.3 is 12.1 Å². The van der Waals surface area contributed by atoms with Crippen molar-refractivity contribution in [2.75, 3.05) is 0 Å².